The molecule has 0 radical (unpaired) electrons. The highest BCUT2D eigenvalue weighted by Gasteiger charge is 2.32. The first-order valence-corrected chi connectivity index (χ1v) is 12.4. The lowest BCUT2D eigenvalue weighted by molar-refractivity contribution is -0.134. The van der Waals surface area contributed by atoms with E-state index in [0.29, 0.717) is 11.8 Å². The smallest absolute Gasteiger partial charge is 0.225 e. The molecule has 2 atom stereocenters. The van der Waals surface area contributed by atoms with Crippen molar-refractivity contribution in [3.63, 3.8) is 0 Å². The number of carbonyl (C=O) groups is 1. The highest BCUT2D eigenvalue weighted by Crippen LogP contribution is 2.28. The third-order valence-corrected chi connectivity index (χ3v) is 7.10. The number of benzene rings is 1. The maximum Gasteiger partial charge on any atom is 0.225 e. The summed E-state index contributed by atoms with van der Waals surface area (Å²) in [5.41, 5.74) is 1.22. The molecule has 7 nitrogen and oxygen atoms in total. The van der Waals surface area contributed by atoms with Gasteiger partial charge >= 0.3 is 0 Å². The Morgan fingerprint density at radius 3 is 2.78 bits per heavy atom. The molecule has 1 amide bonds. The fourth-order valence-electron chi connectivity index (χ4n) is 5.27. The van der Waals surface area contributed by atoms with Crippen LogP contribution >= 0.6 is 0 Å². The molecule has 0 bridgehead atoms. The van der Waals surface area contributed by atoms with Crippen molar-refractivity contribution < 1.29 is 9.53 Å². The van der Waals surface area contributed by atoms with E-state index >= 15 is 0 Å². The number of methoxy groups -OCH3 is 1. The first kappa shape index (κ1) is 22.7. The maximum atomic E-state index is 12.7. The van der Waals surface area contributed by atoms with Crippen LogP contribution < -0.4 is 20.3 Å². The minimum Gasteiger partial charge on any atom is -0.497 e. The van der Waals surface area contributed by atoms with E-state index in [4.69, 9.17) is 9.73 Å². The van der Waals surface area contributed by atoms with Crippen LogP contribution in [-0.2, 0) is 4.79 Å². The topological polar surface area (TPSA) is 69.2 Å². The minimum absolute atomic E-state index is 0.269. The number of nitrogens with zero attached hydrogens (tertiary/aromatic N) is 3. The summed E-state index contributed by atoms with van der Waals surface area (Å²) in [6.07, 6.45) is 6.71. The van der Waals surface area contributed by atoms with Crippen LogP contribution in [0.1, 0.15) is 45.4 Å². The molecule has 32 heavy (non-hydrogen) atoms. The molecule has 1 aliphatic carbocycles. The van der Waals surface area contributed by atoms with Gasteiger partial charge in [0.05, 0.1) is 7.11 Å². The predicted octanol–water partition coefficient (Wildman–Crippen LogP) is 2.87. The second-order valence-electron chi connectivity index (χ2n) is 9.42. The second-order valence-corrected chi connectivity index (χ2v) is 9.42. The highest BCUT2D eigenvalue weighted by atomic mass is 16.5. The quantitative estimate of drug-likeness (QED) is 0.503. The average Bonchev–Trinajstić information content (AvgIpc) is 3.59. The zero-order chi connectivity index (χ0) is 22.3. The largest absolute Gasteiger partial charge is 0.497 e. The molecule has 3 fully saturated rings. The molecule has 2 aliphatic heterocycles. The summed E-state index contributed by atoms with van der Waals surface area (Å²) in [5.74, 6) is 2.97. The van der Waals surface area contributed by atoms with Gasteiger partial charge in [-0.25, -0.2) is 0 Å². The van der Waals surface area contributed by atoms with Crippen LogP contribution in [0.5, 0.6) is 5.75 Å². The zero-order valence-corrected chi connectivity index (χ0v) is 19.7. The van der Waals surface area contributed by atoms with Crippen LogP contribution in [-0.4, -0.2) is 69.2 Å². The van der Waals surface area contributed by atoms with Crippen LogP contribution in [0, 0.1) is 11.8 Å². The number of ether oxygens (including phenoxy) is 1. The number of guanidine groups is 1. The summed E-state index contributed by atoms with van der Waals surface area (Å²) >= 11 is 0. The number of likely N-dealkylation sites (tertiary alicyclic amines) is 1. The Hall–Kier alpha value is -2.44. The Balaban J connectivity index is 1.27. The molecule has 1 saturated carbocycles. The van der Waals surface area contributed by atoms with Crippen LogP contribution in [0.15, 0.2) is 29.3 Å². The van der Waals surface area contributed by atoms with Gasteiger partial charge in [0.25, 0.3) is 0 Å². The van der Waals surface area contributed by atoms with Gasteiger partial charge in [-0.1, -0.05) is 18.9 Å². The Bertz CT molecular complexity index is 792. The molecule has 0 aromatic heterocycles. The molecule has 1 aromatic rings. The molecule has 2 N–H and O–H groups in total. The zero-order valence-electron chi connectivity index (χ0n) is 19.7. The normalized spacial score (nSPS) is 24.2. The first-order valence-electron chi connectivity index (χ1n) is 12.4. The molecule has 176 valence electrons. The van der Waals surface area contributed by atoms with Crippen LogP contribution in [0.4, 0.5) is 5.69 Å². The second kappa shape index (κ2) is 10.9. The van der Waals surface area contributed by atoms with Crippen molar-refractivity contribution >= 4 is 17.6 Å². The van der Waals surface area contributed by atoms with Crippen molar-refractivity contribution in [2.75, 3.05) is 51.3 Å². The summed E-state index contributed by atoms with van der Waals surface area (Å²) in [7, 11) is 1.71. The van der Waals surface area contributed by atoms with Crippen LogP contribution in [0.25, 0.3) is 0 Å². The Morgan fingerprint density at radius 2 is 2.00 bits per heavy atom. The lowest BCUT2D eigenvalue weighted by atomic mass is 10.1. The minimum atomic E-state index is 0.269. The van der Waals surface area contributed by atoms with Gasteiger partial charge < -0.3 is 25.2 Å². The molecular formula is C25H39N5O2. The molecule has 2 saturated heterocycles. The van der Waals surface area contributed by atoms with Crippen molar-refractivity contribution in [1.29, 1.82) is 0 Å². The fourth-order valence-corrected chi connectivity index (χ4v) is 5.27. The molecule has 4 rings (SSSR count). The van der Waals surface area contributed by atoms with E-state index in [1.165, 1.54) is 18.5 Å². The van der Waals surface area contributed by atoms with Gasteiger partial charge in [0.2, 0.25) is 5.91 Å². The summed E-state index contributed by atoms with van der Waals surface area (Å²) < 4.78 is 5.37. The average molecular weight is 442 g/mol. The first-order chi connectivity index (χ1) is 15.7. The van der Waals surface area contributed by atoms with E-state index in [1.54, 1.807) is 7.11 Å². The van der Waals surface area contributed by atoms with E-state index in [2.05, 4.69) is 45.6 Å². The van der Waals surface area contributed by atoms with Gasteiger partial charge in [-0.3, -0.25) is 9.79 Å². The van der Waals surface area contributed by atoms with Gasteiger partial charge in [0.1, 0.15) is 5.75 Å². The van der Waals surface area contributed by atoms with Crippen molar-refractivity contribution in [3.05, 3.63) is 24.3 Å². The van der Waals surface area contributed by atoms with Crippen LogP contribution in [0.2, 0.25) is 0 Å². The van der Waals surface area contributed by atoms with Crippen molar-refractivity contribution in [3.8, 4) is 5.75 Å². The standard InChI is InChI=1S/C25H39N5O2/c1-3-26-25(28-21-12-14-30(18-21)24(31)20-7-4-5-8-20)27-16-19-11-13-29(17-19)22-9-6-10-23(15-22)32-2/h6,9-10,15,19-21H,3-5,7-8,11-14,16-18H2,1-2H3,(H2,26,27,28). The number of hydrogen-bond acceptors (Lipinski definition) is 4. The molecule has 1 aromatic carbocycles. The Labute approximate surface area is 192 Å². The molecular weight excluding hydrogens is 402 g/mol. The van der Waals surface area contributed by atoms with Crippen molar-refractivity contribution in [2.45, 2.75) is 51.5 Å². The highest BCUT2D eigenvalue weighted by molar-refractivity contribution is 5.81. The number of carbonyl (C=O) groups excluding carboxylic acids is 1. The van der Waals surface area contributed by atoms with Gasteiger partial charge in [-0.05, 0) is 50.7 Å². The van der Waals surface area contributed by atoms with Gasteiger partial charge in [0, 0.05) is 63.0 Å². The summed E-state index contributed by atoms with van der Waals surface area (Å²) in [6, 6.07) is 8.58. The van der Waals surface area contributed by atoms with Crippen LogP contribution in [0.3, 0.4) is 0 Å². The Morgan fingerprint density at radius 1 is 1.16 bits per heavy atom. The van der Waals surface area contributed by atoms with Gasteiger partial charge in [0.15, 0.2) is 5.96 Å². The molecule has 2 heterocycles. The Kier molecular flexibility index (Phi) is 7.76. The van der Waals surface area contributed by atoms with E-state index in [0.717, 1.165) is 76.7 Å². The number of aliphatic imine (C=N–C) groups is 1. The number of rotatable bonds is 7. The summed E-state index contributed by atoms with van der Waals surface area (Å²) in [4.78, 5) is 22.1. The predicted molar refractivity (Wildman–Crippen MR) is 129 cm³/mol. The molecule has 2 unspecified atom stereocenters. The number of amides is 1. The maximum absolute atomic E-state index is 12.7. The molecule has 7 heteroatoms. The van der Waals surface area contributed by atoms with Gasteiger partial charge in [-0.2, -0.15) is 0 Å². The van der Waals surface area contributed by atoms with Gasteiger partial charge in [-0.15, -0.1) is 0 Å². The number of nitrogens with one attached hydrogen (secondary N) is 2. The fraction of sp³-hybridized carbons (Fsp3) is 0.680. The van der Waals surface area contributed by atoms with E-state index in [1.807, 2.05) is 6.07 Å². The number of anilines is 1. The van der Waals surface area contributed by atoms with E-state index in [-0.39, 0.29) is 12.0 Å². The monoisotopic (exact) mass is 441 g/mol. The lowest BCUT2D eigenvalue weighted by Crippen LogP contribution is -2.45. The van der Waals surface area contributed by atoms with Crippen molar-refractivity contribution in [1.82, 2.24) is 15.5 Å². The molecule has 0 spiro atoms. The number of hydrogen-bond donors (Lipinski definition) is 2. The van der Waals surface area contributed by atoms with Crippen molar-refractivity contribution in [2.24, 2.45) is 16.8 Å². The van der Waals surface area contributed by atoms with E-state index < -0.39 is 0 Å². The summed E-state index contributed by atoms with van der Waals surface area (Å²) in [6.45, 7) is 7.48. The van der Waals surface area contributed by atoms with E-state index in [9.17, 15) is 4.79 Å². The molecule has 3 aliphatic rings. The lowest BCUT2D eigenvalue weighted by Gasteiger charge is -2.22. The third kappa shape index (κ3) is 5.67. The SMILES string of the molecule is CCNC(=NCC1CCN(c2cccc(OC)c2)C1)NC1CCN(C(=O)C2CCCC2)C1. The third-order valence-electron chi connectivity index (χ3n) is 7.10. The summed E-state index contributed by atoms with van der Waals surface area (Å²) in [5, 5.41) is 6.99.